The molecule has 5 aliphatic rings. The number of hydrogen-bond donors (Lipinski definition) is 2. The van der Waals surface area contributed by atoms with Crippen LogP contribution in [0, 0.1) is 62.1 Å². The van der Waals surface area contributed by atoms with E-state index >= 15 is 0 Å². The van der Waals surface area contributed by atoms with E-state index in [9.17, 15) is 9.90 Å². The maximum atomic E-state index is 13.7. The van der Waals surface area contributed by atoms with Crippen LogP contribution in [0.2, 0.25) is 0 Å². The molecule has 10 heteroatoms. The molecule has 2 aromatic heterocycles. The zero-order chi connectivity index (χ0) is 40.1. The van der Waals surface area contributed by atoms with Gasteiger partial charge in [-0.3, -0.25) is 4.79 Å². The summed E-state index contributed by atoms with van der Waals surface area (Å²) in [6, 6.07) is 3.72. The standard InChI is InChI=1S/C45H69N5O5/c1-27(2)28(3)41(8)18-19-42(9)30-13-14-33-40(7)22-32(50-37(48-26-49-50)29-16-20-47-34(21-29)53-12)36(55-24-44(11,46)39(4,5)6)45(33,25-54-23-40)31(30)15-17-43(42,10)35(41)38(51)52/h15-16,20-21,26-28,30,32-33,35-36H,13-14,17-19,22-25,46H2,1-12H3,(H,51,52)/t28-,30+,32-,33-,35-,36+,40-,41-,42-,43+,44+,45+/m1/s1. The highest BCUT2D eigenvalue weighted by Gasteiger charge is 2.73. The average Bonchev–Trinajstić information content (AvgIpc) is 3.60. The Labute approximate surface area is 329 Å². The van der Waals surface area contributed by atoms with Crippen molar-refractivity contribution < 1.29 is 24.1 Å². The molecule has 1 aliphatic heterocycles. The van der Waals surface area contributed by atoms with Crippen LogP contribution in [0.1, 0.15) is 121 Å². The Bertz CT molecular complexity index is 1820. The van der Waals surface area contributed by atoms with Crippen molar-refractivity contribution in [2.24, 2.45) is 67.8 Å². The van der Waals surface area contributed by atoms with E-state index in [2.05, 4.69) is 91.9 Å². The van der Waals surface area contributed by atoms with E-state index in [0.717, 1.165) is 49.9 Å². The van der Waals surface area contributed by atoms with Crippen LogP contribution in [0.5, 0.6) is 5.88 Å². The van der Waals surface area contributed by atoms with Gasteiger partial charge in [-0.2, -0.15) is 5.10 Å². The molecule has 3 N–H and O–H groups in total. The SMILES string of the molecule is COc1cc(-c2ncnn2[C@@H]2C[C@]3(C)COC[C@@]4(C5=CC[C@@]6(C)[C@H](C(=O)O)[C@@](C)([C@H](C)C(C)C)CC[C@]6(C)[C@H]5CC[C@H]34)[C@H]2OC[C@](C)(N)C(C)(C)C)ccn1. The van der Waals surface area contributed by atoms with Crippen molar-refractivity contribution in [1.82, 2.24) is 19.7 Å². The van der Waals surface area contributed by atoms with Crippen molar-refractivity contribution in [1.29, 1.82) is 0 Å². The molecule has 1 saturated heterocycles. The van der Waals surface area contributed by atoms with Gasteiger partial charge in [-0.1, -0.05) is 80.9 Å². The van der Waals surface area contributed by atoms with Gasteiger partial charge in [0.1, 0.15) is 6.33 Å². The summed E-state index contributed by atoms with van der Waals surface area (Å²) < 4.78 is 21.9. The molecule has 4 aliphatic carbocycles. The highest BCUT2D eigenvalue weighted by molar-refractivity contribution is 5.73. The lowest BCUT2D eigenvalue weighted by Gasteiger charge is -2.71. The topological polar surface area (TPSA) is 135 Å². The van der Waals surface area contributed by atoms with E-state index in [0.29, 0.717) is 37.5 Å². The fourth-order valence-electron chi connectivity index (χ4n) is 12.9. The second kappa shape index (κ2) is 13.4. The molecule has 3 saturated carbocycles. The van der Waals surface area contributed by atoms with Gasteiger partial charge in [-0.15, -0.1) is 0 Å². The zero-order valence-corrected chi connectivity index (χ0v) is 35.7. The fraction of sp³-hybridized carbons (Fsp3) is 0.778. The molecule has 0 amide bonds. The van der Waals surface area contributed by atoms with Crippen molar-refractivity contribution in [3.05, 3.63) is 36.3 Å². The molecule has 0 radical (unpaired) electrons. The summed E-state index contributed by atoms with van der Waals surface area (Å²) in [4.78, 5) is 22.9. The Morgan fingerprint density at radius 3 is 2.45 bits per heavy atom. The van der Waals surface area contributed by atoms with Crippen LogP contribution >= 0.6 is 0 Å². The Balaban J connectivity index is 1.41. The van der Waals surface area contributed by atoms with Gasteiger partial charge in [0.2, 0.25) is 5.88 Å². The summed E-state index contributed by atoms with van der Waals surface area (Å²) in [6.45, 7) is 26.5. The van der Waals surface area contributed by atoms with E-state index in [1.165, 1.54) is 5.57 Å². The second-order valence-electron chi connectivity index (χ2n) is 21.2. The highest BCUT2D eigenvalue weighted by Crippen LogP contribution is 2.75. The molecule has 3 heterocycles. The third-order valence-electron chi connectivity index (χ3n) is 17.4. The quantitative estimate of drug-likeness (QED) is 0.241. The number of carboxylic acid groups (broad SMARTS) is 1. The zero-order valence-electron chi connectivity index (χ0n) is 35.7. The monoisotopic (exact) mass is 760 g/mol. The summed E-state index contributed by atoms with van der Waals surface area (Å²) >= 11 is 0. The number of aliphatic carboxylic acids is 1. The predicted octanol–water partition coefficient (Wildman–Crippen LogP) is 8.63. The Kier molecular flexibility index (Phi) is 9.82. The van der Waals surface area contributed by atoms with Crippen molar-refractivity contribution in [2.45, 2.75) is 132 Å². The third-order valence-corrected chi connectivity index (χ3v) is 17.4. The second-order valence-corrected chi connectivity index (χ2v) is 21.2. The first kappa shape index (κ1) is 40.4. The average molecular weight is 760 g/mol. The van der Waals surface area contributed by atoms with Crippen LogP contribution in [0.25, 0.3) is 11.4 Å². The molecular weight excluding hydrogens is 691 g/mol. The normalized spacial score (nSPS) is 40.3. The number of methoxy groups -OCH3 is 1. The molecule has 2 bridgehead atoms. The number of ether oxygens (including phenoxy) is 3. The number of nitrogens with two attached hydrogens (primary N) is 1. The van der Waals surface area contributed by atoms with Crippen LogP contribution in [0.15, 0.2) is 36.3 Å². The molecule has 0 spiro atoms. The predicted molar refractivity (Wildman–Crippen MR) is 214 cm³/mol. The lowest BCUT2D eigenvalue weighted by atomic mass is 9.34. The number of carboxylic acids is 1. The van der Waals surface area contributed by atoms with E-state index in [1.54, 1.807) is 19.6 Å². The lowest BCUT2D eigenvalue weighted by Crippen LogP contribution is -2.70. The van der Waals surface area contributed by atoms with Crippen molar-refractivity contribution in [2.75, 3.05) is 26.9 Å². The molecule has 10 nitrogen and oxygen atoms in total. The number of carbonyl (C=O) groups is 1. The minimum absolute atomic E-state index is 0.146. The summed E-state index contributed by atoms with van der Waals surface area (Å²) in [5, 5.41) is 16.2. The summed E-state index contributed by atoms with van der Waals surface area (Å²) in [7, 11) is 1.63. The Morgan fingerprint density at radius 2 is 1.80 bits per heavy atom. The maximum absolute atomic E-state index is 13.7. The van der Waals surface area contributed by atoms with Gasteiger partial charge >= 0.3 is 5.97 Å². The van der Waals surface area contributed by atoms with Crippen LogP contribution in [-0.2, 0) is 14.3 Å². The Hall–Kier alpha value is -2.82. The first-order chi connectivity index (χ1) is 25.6. The molecule has 0 unspecified atom stereocenters. The molecule has 55 heavy (non-hydrogen) atoms. The maximum Gasteiger partial charge on any atom is 0.307 e. The molecule has 2 aromatic rings. The van der Waals surface area contributed by atoms with Crippen molar-refractivity contribution >= 4 is 5.97 Å². The van der Waals surface area contributed by atoms with Gasteiger partial charge < -0.3 is 25.1 Å². The number of hydrogen-bond acceptors (Lipinski definition) is 8. The van der Waals surface area contributed by atoms with Gasteiger partial charge in [0, 0.05) is 28.8 Å². The van der Waals surface area contributed by atoms with Gasteiger partial charge in [-0.25, -0.2) is 14.6 Å². The molecule has 4 fully saturated rings. The smallest absolute Gasteiger partial charge is 0.307 e. The molecule has 0 aromatic carbocycles. The minimum Gasteiger partial charge on any atom is -0.481 e. The lowest BCUT2D eigenvalue weighted by molar-refractivity contribution is -0.255. The molecule has 304 valence electrons. The van der Waals surface area contributed by atoms with Crippen LogP contribution in [0.4, 0.5) is 0 Å². The fourth-order valence-corrected chi connectivity index (χ4v) is 12.9. The van der Waals surface area contributed by atoms with Gasteiger partial charge in [0.25, 0.3) is 0 Å². The van der Waals surface area contributed by atoms with Crippen molar-refractivity contribution in [3.8, 4) is 17.3 Å². The van der Waals surface area contributed by atoms with Crippen molar-refractivity contribution in [3.63, 3.8) is 0 Å². The van der Waals surface area contributed by atoms with Crippen LogP contribution in [-0.4, -0.2) is 69.4 Å². The van der Waals surface area contributed by atoms with E-state index < -0.39 is 28.3 Å². The van der Waals surface area contributed by atoms with Gasteiger partial charge in [0.15, 0.2) is 5.82 Å². The van der Waals surface area contributed by atoms with E-state index in [1.807, 2.05) is 12.1 Å². The number of nitrogens with zero attached hydrogens (tertiary/aromatic N) is 4. The summed E-state index contributed by atoms with van der Waals surface area (Å²) in [5.74, 6) is 1.38. The van der Waals surface area contributed by atoms with E-state index in [4.69, 9.17) is 30.0 Å². The largest absolute Gasteiger partial charge is 0.481 e. The first-order valence-electron chi connectivity index (χ1n) is 20.9. The number of rotatable bonds is 9. The number of aromatic nitrogens is 4. The highest BCUT2D eigenvalue weighted by atomic mass is 16.5. The minimum atomic E-state index is -0.643. The number of fused-ring (bicyclic) bond motifs is 3. The molecule has 7 rings (SSSR count). The number of pyridine rings is 1. The van der Waals surface area contributed by atoms with Gasteiger partial charge in [0.05, 0.1) is 45.0 Å². The molecule has 12 atom stereocenters. The third kappa shape index (κ3) is 5.79. The summed E-state index contributed by atoms with van der Waals surface area (Å²) in [6.07, 6.45) is 11.1. The van der Waals surface area contributed by atoms with Crippen LogP contribution in [0.3, 0.4) is 0 Å². The first-order valence-corrected chi connectivity index (χ1v) is 20.9. The van der Waals surface area contributed by atoms with Crippen LogP contribution < -0.4 is 10.5 Å². The summed E-state index contributed by atoms with van der Waals surface area (Å²) in [5.41, 5.74) is 7.08. The van der Waals surface area contributed by atoms with E-state index in [-0.39, 0.29) is 45.6 Å². The molecular formula is C45H69N5O5. The van der Waals surface area contributed by atoms with Gasteiger partial charge in [-0.05, 0) is 102 Å². The Morgan fingerprint density at radius 1 is 1.07 bits per heavy atom. The number of allylic oxidation sites excluding steroid dienone is 1.